The second-order valence-electron chi connectivity index (χ2n) is 5.00. The van der Waals surface area contributed by atoms with Crippen molar-refractivity contribution in [3.63, 3.8) is 0 Å². The fraction of sp³-hybridized carbons (Fsp3) is 0.385. The fourth-order valence-corrected chi connectivity index (χ4v) is 6.18. The molecule has 102 valence electrons. The van der Waals surface area contributed by atoms with Crippen LogP contribution >= 0.6 is 27.3 Å². The van der Waals surface area contributed by atoms with E-state index in [-0.39, 0.29) is 23.5 Å². The van der Waals surface area contributed by atoms with Crippen molar-refractivity contribution in [2.24, 2.45) is 11.7 Å². The first kappa shape index (κ1) is 13.5. The topological polar surface area (TPSA) is 60.2 Å². The van der Waals surface area contributed by atoms with Gasteiger partial charge in [-0.15, -0.1) is 11.3 Å². The minimum atomic E-state index is -2.88. The first-order valence-electron chi connectivity index (χ1n) is 6.09. The Morgan fingerprint density at radius 1 is 1.42 bits per heavy atom. The number of hydrogen-bond acceptors (Lipinski definition) is 4. The Morgan fingerprint density at radius 2 is 2.21 bits per heavy atom. The molecule has 2 heterocycles. The van der Waals surface area contributed by atoms with Gasteiger partial charge in [-0.2, -0.15) is 0 Å². The van der Waals surface area contributed by atoms with Crippen molar-refractivity contribution in [2.75, 3.05) is 11.5 Å². The maximum atomic E-state index is 11.6. The molecule has 2 aromatic rings. The second kappa shape index (κ2) is 4.84. The van der Waals surface area contributed by atoms with Crippen LogP contribution in [0.1, 0.15) is 18.0 Å². The maximum absolute atomic E-state index is 11.6. The molecule has 1 saturated heterocycles. The fourth-order valence-electron chi connectivity index (χ4n) is 2.66. The molecule has 3 rings (SSSR count). The second-order valence-corrected chi connectivity index (χ2v) is 8.96. The molecule has 0 saturated carbocycles. The van der Waals surface area contributed by atoms with Gasteiger partial charge in [0.25, 0.3) is 0 Å². The van der Waals surface area contributed by atoms with E-state index in [0.29, 0.717) is 6.42 Å². The Labute approximate surface area is 124 Å². The lowest BCUT2D eigenvalue weighted by atomic mass is 9.93. The van der Waals surface area contributed by atoms with E-state index in [1.165, 1.54) is 4.70 Å². The average Bonchev–Trinajstić information content (AvgIpc) is 2.93. The van der Waals surface area contributed by atoms with E-state index >= 15 is 0 Å². The molecule has 3 nitrogen and oxygen atoms in total. The monoisotopic (exact) mass is 359 g/mol. The van der Waals surface area contributed by atoms with Crippen LogP contribution < -0.4 is 5.73 Å². The summed E-state index contributed by atoms with van der Waals surface area (Å²) in [5, 5.41) is 3.20. The average molecular weight is 360 g/mol. The van der Waals surface area contributed by atoms with Crippen LogP contribution in [0.3, 0.4) is 0 Å². The molecule has 6 heteroatoms. The van der Waals surface area contributed by atoms with Gasteiger partial charge in [0.2, 0.25) is 0 Å². The van der Waals surface area contributed by atoms with Gasteiger partial charge in [0.15, 0.2) is 9.84 Å². The third kappa shape index (κ3) is 2.46. The number of benzene rings is 1. The van der Waals surface area contributed by atoms with Crippen LogP contribution in [-0.2, 0) is 9.84 Å². The Balaban J connectivity index is 1.99. The number of halogens is 1. The SMILES string of the molecule is NC(c1csc2c(Br)cccc12)C1CCS(=O)(=O)C1. The number of nitrogens with two attached hydrogens (primary N) is 1. The predicted octanol–water partition coefficient (Wildman–Crippen LogP) is 3.10. The molecular weight excluding hydrogens is 346 g/mol. The smallest absolute Gasteiger partial charge is 0.150 e. The van der Waals surface area contributed by atoms with Crippen LogP contribution in [0.15, 0.2) is 28.1 Å². The molecule has 0 radical (unpaired) electrons. The van der Waals surface area contributed by atoms with Gasteiger partial charge in [0, 0.05) is 15.2 Å². The molecule has 1 aliphatic rings. The van der Waals surface area contributed by atoms with Crippen LogP contribution in [0.5, 0.6) is 0 Å². The number of rotatable bonds is 2. The van der Waals surface area contributed by atoms with E-state index in [0.717, 1.165) is 15.4 Å². The van der Waals surface area contributed by atoms with E-state index in [1.807, 2.05) is 12.1 Å². The minimum Gasteiger partial charge on any atom is -0.324 e. The van der Waals surface area contributed by atoms with Crippen molar-refractivity contribution < 1.29 is 8.42 Å². The standard InChI is InChI=1S/C13H14BrNO2S2/c14-11-3-1-2-9-10(6-18-13(9)11)12(15)8-4-5-19(16,17)7-8/h1-3,6,8,12H,4-5,7,15H2. The molecule has 2 atom stereocenters. The van der Waals surface area contributed by atoms with Gasteiger partial charge < -0.3 is 5.73 Å². The van der Waals surface area contributed by atoms with E-state index in [2.05, 4.69) is 27.4 Å². The zero-order chi connectivity index (χ0) is 13.6. The summed E-state index contributed by atoms with van der Waals surface area (Å²) in [6, 6.07) is 5.85. The van der Waals surface area contributed by atoms with E-state index in [1.54, 1.807) is 11.3 Å². The maximum Gasteiger partial charge on any atom is 0.150 e. The van der Waals surface area contributed by atoms with Crippen molar-refractivity contribution in [3.8, 4) is 0 Å². The zero-order valence-electron chi connectivity index (χ0n) is 10.2. The highest BCUT2D eigenvalue weighted by Crippen LogP contribution is 2.38. The Hall–Kier alpha value is -0.430. The molecule has 2 N–H and O–H groups in total. The third-order valence-corrected chi connectivity index (χ3v) is 7.48. The van der Waals surface area contributed by atoms with Crippen molar-refractivity contribution >= 4 is 47.2 Å². The van der Waals surface area contributed by atoms with Crippen molar-refractivity contribution in [1.82, 2.24) is 0 Å². The summed E-state index contributed by atoms with van der Waals surface area (Å²) in [6.07, 6.45) is 0.675. The molecule has 0 aliphatic carbocycles. The quantitative estimate of drug-likeness (QED) is 0.895. The van der Waals surface area contributed by atoms with Gasteiger partial charge in [-0.25, -0.2) is 8.42 Å². The molecule has 1 aromatic carbocycles. The highest BCUT2D eigenvalue weighted by molar-refractivity contribution is 9.10. The molecule has 1 aliphatic heterocycles. The van der Waals surface area contributed by atoms with E-state index < -0.39 is 9.84 Å². The summed E-state index contributed by atoms with van der Waals surface area (Å²) < 4.78 is 25.4. The molecule has 0 amide bonds. The number of fused-ring (bicyclic) bond motifs is 1. The first-order chi connectivity index (χ1) is 8.98. The third-order valence-electron chi connectivity index (χ3n) is 3.72. The predicted molar refractivity (Wildman–Crippen MR) is 83.2 cm³/mol. The van der Waals surface area contributed by atoms with E-state index in [9.17, 15) is 8.42 Å². The molecule has 1 aromatic heterocycles. The minimum absolute atomic E-state index is 0.0433. The lowest BCUT2D eigenvalue weighted by Crippen LogP contribution is -2.22. The molecular formula is C13H14BrNO2S2. The molecule has 1 fully saturated rings. The molecule has 0 bridgehead atoms. The lowest BCUT2D eigenvalue weighted by molar-refractivity contribution is 0.483. The Bertz CT molecular complexity index is 723. The molecule has 19 heavy (non-hydrogen) atoms. The van der Waals surface area contributed by atoms with Crippen LogP contribution in [0.2, 0.25) is 0 Å². The van der Waals surface area contributed by atoms with E-state index in [4.69, 9.17) is 5.73 Å². The summed E-state index contributed by atoms with van der Waals surface area (Å²) in [7, 11) is -2.88. The first-order valence-corrected chi connectivity index (χ1v) is 9.59. The van der Waals surface area contributed by atoms with Crippen LogP contribution in [0.4, 0.5) is 0 Å². The summed E-state index contributed by atoms with van der Waals surface area (Å²) >= 11 is 5.19. The van der Waals surface area contributed by atoms with Crippen LogP contribution in [0.25, 0.3) is 10.1 Å². The van der Waals surface area contributed by atoms with Crippen molar-refractivity contribution in [2.45, 2.75) is 12.5 Å². The molecule has 2 unspecified atom stereocenters. The largest absolute Gasteiger partial charge is 0.324 e. The van der Waals surface area contributed by atoms with Crippen molar-refractivity contribution in [1.29, 1.82) is 0 Å². The number of hydrogen-bond donors (Lipinski definition) is 1. The molecule has 0 spiro atoms. The zero-order valence-corrected chi connectivity index (χ0v) is 13.4. The van der Waals surface area contributed by atoms with Gasteiger partial charge in [0.05, 0.1) is 11.5 Å². The summed E-state index contributed by atoms with van der Waals surface area (Å²) in [6.45, 7) is 0. The van der Waals surface area contributed by atoms with Gasteiger partial charge in [0.1, 0.15) is 0 Å². The highest BCUT2D eigenvalue weighted by Gasteiger charge is 2.33. The van der Waals surface area contributed by atoms with Gasteiger partial charge in [-0.3, -0.25) is 0 Å². The van der Waals surface area contributed by atoms with Crippen LogP contribution in [0, 0.1) is 5.92 Å². The highest BCUT2D eigenvalue weighted by atomic mass is 79.9. The van der Waals surface area contributed by atoms with Gasteiger partial charge >= 0.3 is 0 Å². The summed E-state index contributed by atoms with van der Waals surface area (Å²) in [5.41, 5.74) is 7.38. The van der Waals surface area contributed by atoms with Crippen LogP contribution in [-0.4, -0.2) is 19.9 Å². The number of sulfone groups is 1. The van der Waals surface area contributed by atoms with Gasteiger partial charge in [-0.05, 0) is 50.7 Å². The summed E-state index contributed by atoms with van der Waals surface area (Å²) in [5.74, 6) is 0.540. The lowest BCUT2D eigenvalue weighted by Gasteiger charge is -2.17. The Morgan fingerprint density at radius 3 is 2.89 bits per heavy atom. The Kier molecular flexibility index (Phi) is 3.45. The summed E-state index contributed by atoms with van der Waals surface area (Å²) in [4.78, 5) is 0. The van der Waals surface area contributed by atoms with Crippen molar-refractivity contribution in [3.05, 3.63) is 33.6 Å². The normalized spacial score (nSPS) is 23.8. The number of thiophene rings is 1. The van der Waals surface area contributed by atoms with Gasteiger partial charge in [-0.1, -0.05) is 12.1 Å².